The number of nitrogens with one attached hydrogen (secondary N) is 2. The fourth-order valence-corrected chi connectivity index (χ4v) is 3.11. The highest BCUT2D eigenvalue weighted by atomic mass is 19.1. The van der Waals surface area contributed by atoms with Crippen molar-refractivity contribution in [2.24, 2.45) is 5.92 Å². The molecule has 2 unspecified atom stereocenters. The molecule has 1 aromatic carbocycles. The van der Waals surface area contributed by atoms with E-state index in [1.165, 1.54) is 17.0 Å². The fourth-order valence-electron chi connectivity index (χ4n) is 3.11. The van der Waals surface area contributed by atoms with Crippen LogP contribution in [0.25, 0.3) is 0 Å². The van der Waals surface area contributed by atoms with E-state index in [1.54, 1.807) is 26.8 Å². The molecule has 1 aliphatic rings. The van der Waals surface area contributed by atoms with E-state index in [2.05, 4.69) is 10.6 Å². The molecule has 0 saturated carbocycles. The summed E-state index contributed by atoms with van der Waals surface area (Å²) in [7, 11) is 0. The number of carbonyl (C=O) groups is 2. The number of aliphatic hydroxyl groups excluding tert-OH is 1. The van der Waals surface area contributed by atoms with Crippen molar-refractivity contribution >= 4 is 17.5 Å². The standard InChI is InChI=1S/C18H23FN4O3/c1-10(2)21-17(25)18(26)23-7-6-14(11(23)3)16(24)22-13-4-5-15(19)12(8-13)9-20/h4-5,8,10-11,14,16,22,24H,6-7H2,1-3H3,(H,21,25)/t11-,14?,16?/m0/s1. The maximum atomic E-state index is 13.4. The van der Waals surface area contributed by atoms with E-state index in [9.17, 15) is 19.1 Å². The molecule has 0 aromatic heterocycles. The lowest BCUT2D eigenvalue weighted by molar-refractivity contribution is -0.146. The number of carbonyl (C=O) groups excluding carboxylic acids is 2. The number of rotatable bonds is 4. The van der Waals surface area contributed by atoms with Crippen LogP contribution in [0.5, 0.6) is 0 Å². The predicted octanol–water partition coefficient (Wildman–Crippen LogP) is 1.19. The second-order valence-electron chi connectivity index (χ2n) is 6.72. The Labute approximate surface area is 151 Å². The third kappa shape index (κ3) is 4.29. The first-order valence-electron chi connectivity index (χ1n) is 8.50. The van der Waals surface area contributed by atoms with Crippen LogP contribution >= 0.6 is 0 Å². The topological polar surface area (TPSA) is 105 Å². The minimum absolute atomic E-state index is 0.121. The second-order valence-corrected chi connectivity index (χ2v) is 6.72. The Morgan fingerprint density at radius 2 is 2.12 bits per heavy atom. The molecule has 1 aromatic rings. The molecular weight excluding hydrogens is 339 g/mol. The van der Waals surface area contributed by atoms with E-state index in [0.29, 0.717) is 18.7 Å². The zero-order valence-electron chi connectivity index (χ0n) is 15.0. The zero-order chi connectivity index (χ0) is 19.4. The molecule has 1 saturated heterocycles. The molecule has 0 spiro atoms. The lowest BCUT2D eigenvalue weighted by Gasteiger charge is -2.28. The van der Waals surface area contributed by atoms with E-state index in [0.717, 1.165) is 6.07 Å². The highest BCUT2D eigenvalue weighted by molar-refractivity contribution is 6.35. The Morgan fingerprint density at radius 3 is 2.73 bits per heavy atom. The smallest absolute Gasteiger partial charge is 0.312 e. The summed E-state index contributed by atoms with van der Waals surface area (Å²) in [6.45, 7) is 5.68. The van der Waals surface area contributed by atoms with Crippen molar-refractivity contribution in [3.8, 4) is 6.07 Å². The molecule has 8 heteroatoms. The summed E-state index contributed by atoms with van der Waals surface area (Å²) in [5.74, 6) is -2.21. The van der Waals surface area contributed by atoms with Gasteiger partial charge in [0.25, 0.3) is 0 Å². The van der Waals surface area contributed by atoms with Gasteiger partial charge >= 0.3 is 11.8 Å². The first kappa shape index (κ1) is 19.7. The van der Waals surface area contributed by atoms with Crippen molar-refractivity contribution in [1.82, 2.24) is 10.2 Å². The number of amides is 2. The largest absolute Gasteiger partial charge is 0.373 e. The maximum absolute atomic E-state index is 13.4. The Kier molecular flexibility index (Phi) is 6.16. The van der Waals surface area contributed by atoms with Crippen LogP contribution in [-0.4, -0.2) is 46.7 Å². The van der Waals surface area contributed by atoms with Crippen LogP contribution < -0.4 is 10.6 Å². The van der Waals surface area contributed by atoms with Crippen molar-refractivity contribution < 1.29 is 19.1 Å². The third-order valence-electron chi connectivity index (χ3n) is 4.50. The molecule has 3 atom stereocenters. The van der Waals surface area contributed by atoms with Gasteiger partial charge in [-0.1, -0.05) is 0 Å². The summed E-state index contributed by atoms with van der Waals surface area (Å²) in [5.41, 5.74) is 0.286. The number of hydrogen-bond acceptors (Lipinski definition) is 5. The van der Waals surface area contributed by atoms with Crippen molar-refractivity contribution in [1.29, 1.82) is 5.26 Å². The van der Waals surface area contributed by atoms with Crippen LogP contribution in [0.3, 0.4) is 0 Å². The van der Waals surface area contributed by atoms with Crippen LogP contribution in [0.4, 0.5) is 10.1 Å². The average molecular weight is 362 g/mol. The molecule has 0 radical (unpaired) electrons. The number of nitriles is 1. The van der Waals surface area contributed by atoms with Gasteiger partial charge in [0.05, 0.1) is 5.56 Å². The summed E-state index contributed by atoms with van der Waals surface area (Å²) in [5, 5.41) is 24.7. The highest BCUT2D eigenvalue weighted by Crippen LogP contribution is 2.28. The third-order valence-corrected chi connectivity index (χ3v) is 4.50. The normalized spacial score (nSPS) is 20.6. The summed E-state index contributed by atoms with van der Waals surface area (Å²) in [6, 6.07) is 5.15. The van der Waals surface area contributed by atoms with Crippen LogP contribution in [0.15, 0.2) is 18.2 Å². The van der Waals surface area contributed by atoms with Gasteiger partial charge in [0.2, 0.25) is 0 Å². The minimum atomic E-state index is -1.01. The van der Waals surface area contributed by atoms with Gasteiger partial charge in [-0.2, -0.15) is 5.26 Å². The summed E-state index contributed by atoms with van der Waals surface area (Å²) >= 11 is 0. The SMILES string of the molecule is CC(C)NC(=O)C(=O)N1CCC(C(O)Nc2ccc(F)c(C#N)c2)[C@@H]1C. The number of anilines is 1. The fraction of sp³-hybridized carbons (Fsp3) is 0.500. The first-order valence-corrected chi connectivity index (χ1v) is 8.50. The highest BCUT2D eigenvalue weighted by Gasteiger charge is 2.39. The van der Waals surface area contributed by atoms with Gasteiger partial charge in [0.1, 0.15) is 18.1 Å². The number of hydrogen-bond donors (Lipinski definition) is 3. The molecule has 1 fully saturated rings. The van der Waals surface area contributed by atoms with Gasteiger partial charge in [0, 0.05) is 30.2 Å². The number of halogens is 1. The molecule has 7 nitrogen and oxygen atoms in total. The van der Waals surface area contributed by atoms with Gasteiger partial charge in [-0.05, 0) is 45.4 Å². The van der Waals surface area contributed by atoms with E-state index >= 15 is 0 Å². The quantitative estimate of drug-likeness (QED) is 0.551. The van der Waals surface area contributed by atoms with E-state index in [1.807, 2.05) is 0 Å². The minimum Gasteiger partial charge on any atom is -0.373 e. The first-order chi connectivity index (χ1) is 12.2. The summed E-state index contributed by atoms with van der Waals surface area (Å²) in [6.07, 6.45) is -0.490. The van der Waals surface area contributed by atoms with Gasteiger partial charge in [-0.15, -0.1) is 0 Å². The van der Waals surface area contributed by atoms with Gasteiger partial charge < -0.3 is 20.6 Å². The molecular formula is C18H23FN4O3. The average Bonchev–Trinajstić information content (AvgIpc) is 2.96. The van der Waals surface area contributed by atoms with Gasteiger partial charge in [0.15, 0.2) is 0 Å². The van der Waals surface area contributed by atoms with E-state index in [4.69, 9.17) is 5.26 Å². The molecule has 0 bridgehead atoms. The van der Waals surface area contributed by atoms with Crippen LogP contribution in [-0.2, 0) is 9.59 Å². The number of likely N-dealkylation sites (tertiary alicyclic amines) is 1. The Bertz CT molecular complexity index is 732. The van der Waals surface area contributed by atoms with Crippen molar-refractivity contribution in [3.05, 3.63) is 29.6 Å². The molecule has 2 amide bonds. The van der Waals surface area contributed by atoms with Gasteiger partial charge in [-0.3, -0.25) is 9.59 Å². The molecule has 2 rings (SSSR count). The monoisotopic (exact) mass is 362 g/mol. The van der Waals surface area contributed by atoms with Crippen LogP contribution in [0, 0.1) is 23.1 Å². The van der Waals surface area contributed by atoms with Crippen LogP contribution in [0.2, 0.25) is 0 Å². The van der Waals surface area contributed by atoms with Crippen molar-refractivity contribution in [3.63, 3.8) is 0 Å². The summed E-state index contributed by atoms with van der Waals surface area (Å²) < 4.78 is 13.4. The number of benzene rings is 1. The molecule has 26 heavy (non-hydrogen) atoms. The van der Waals surface area contributed by atoms with Crippen molar-refractivity contribution in [2.75, 3.05) is 11.9 Å². The Balaban J connectivity index is 2.03. The van der Waals surface area contributed by atoms with E-state index < -0.39 is 23.9 Å². The lowest BCUT2D eigenvalue weighted by atomic mass is 9.99. The summed E-state index contributed by atoms with van der Waals surface area (Å²) in [4.78, 5) is 25.6. The lowest BCUT2D eigenvalue weighted by Crippen LogP contribution is -2.48. The molecule has 0 aliphatic carbocycles. The molecule has 140 valence electrons. The Morgan fingerprint density at radius 1 is 1.42 bits per heavy atom. The number of nitrogens with zero attached hydrogens (tertiary/aromatic N) is 2. The Hall–Kier alpha value is -2.66. The maximum Gasteiger partial charge on any atom is 0.312 e. The second kappa shape index (κ2) is 8.15. The van der Waals surface area contributed by atoms with Crippen LogP contribution in [0.1, 0.15) is 32.8 Å². The number of aliphatic hydroxyl groups is 1. The van der Waals surface area contributed by atoms with Crippen molar-refractivity contribution in [2.45, 2.75) is 45.5 Å². The van der Waals surface area contributed by atoms with Gasteiger partial charge in [-0.25, -0.2) is 4.39 Å². The molecule has 3 N–H and O–H groups in total. The predicted molar refractivity (Wildman–Crippen MR) is 93.3 cm³/mol. The van der Waals surface area contributed by atoms with E-state index in [-0.39, 0.29) is 23.6 Å². The molecule has 1 aliphatic heterocycles. The molecule has 1 heterocycles. The zero-order valence-corrected chi connectivity index (χ0v) is 15.0.